The van der Waals surface area contributed by atoms with Crippen LogP contribution in [0.2, 0.25) is 0 Å². The second-order valence-electron chi connectivity index (χ2n) is 20.7. The molecule has 0 aromatic carbocycles. The molecule has 4 bridgehead atoms. The molecule has 4 unspecified atom stereocenters. The number of hydrogen-bond acceptors (Lipinski definition) is 17. The number of aryl methyl sites for hydroxylation is 4. The Morgan fingerprint density at radius 1 is 0.544 bits per heavy atom. The molecule has 21 nitrogen and oxygen atoms in total. The van der Waals surface area contributed by atoms with Gasteiger partial charge in [0.05, 0.1) is 22.8 Å². The Hall–Kier alpha value is -9.21. The van der Waals surface area contributed by atoms with Crippen LogP contribution in [0.1, 0.15) is 74.3 Å². The molecule has 21 heteroatoms. The smallest absolute Gasteiger partial charge is 0.161 e. The topological polar surface area (TPSA) is 235 Å². The first-order valence-corrected chi connectivity index (χ1v) is 26.6. The Morgan fingerprint density at radius 3 is 1.48 bits per heavy atom. The average Bonchev–Trinajstić information content (AvgIpc) is 4.50. The molecule has 16 rings (SSSR count). The summed E-state index contributed by atoms with van der Waals surface area (Å²) < 4.78 is 3.42. The van der Waals surface area contributed by atoms with E-state index in [1.54, 1.807) is 40.1 Å². The molecule has 0 aliphatic carbocycles. The van der Waals surface area contributed by atoms with Crippen LogP contribution in [0.15, 0.2) is 135 Å². The van der Waals surface area contributed by atoms with E-state index in [0.29, 0.717) is 54.2 Å². The largest absolute Gasteiger partial charge is 0.353 e. The van der Waals surface area contributed by atoms with E-state index in [9.17, 15) is 4.79 Å². The minimum absolute atomic E-state index is 0.532. The Bertz CT molecular complexity index is 3610. The summed E-state index contributed by atoms with van der Waals surface area (Å²) >= 11 is 0. The summed E-state index contributed by atoms with van der Waals surface area (Å²) in [7, 11) is 0. The number of nitrogens with zero attached hydrogens (tertiary/aromatic N) is 17. The van der Waals surface area contributed by atoms with Crippen molar-refractivity contribution in [2.45, 2.75) is 84.1 Å². The number of piperazine rings is 2. The summed E-state index contributed by atoms with van der Waals surface area (Å²) in [5.74, 6) is 5.02. The maximum Gasteiger partial charge on any atom is 0.161 e. The Labute approximate surface area is 456 Å². The monoisotopic (exact) mass is 1050 g/mol. The van der Waals surface area contributed by atoms with Crippen LogP contribution in [0, 0.1) is 27.7 Å². The first-order valence-electron chi connectivity index (χ1n) is 26.6. The normalized spacial score (nSPS) is 18.1. The molecule has 10 aromatic heterocycles. The van der Waals surface area contributed by atoms with Gasteiger partial charge in [-0.15, -0.1) is 0 Å². The number of anilines is 2. The van der Waals surface area contributed by atoms with Gasteiger partial charge in [-0.1, -0.05) is 6.07 Å². The molecule has 4 atom stereocenters. The summed E-state index contributed by atoms with van der Waals surface area (Å²) in [6.45, 7) is 13.0. The number of aromatic nitrogens is 16. The molecule has 0 saturated carbocycles. The lowest BCUT2D eigenvalue weighted by molar-refractivity contribution is -0.00875. The van der Waals surface area contributed by atoms with Gasteiger partial charge in [0.15, 0.2) is 29.6 Å². The molecule has 0 spiro atoms. The van der Waals surface area contributed by atoms with Gasteiger partial charge < -0.3 is 15.1 Å². The fourth-order valence-corrected chi connectivity index (χ4v) is 10.7. The van der Waals surface area contributed by atoms with Crippen molar-refractivity contribution in [3.8, 4) is 34.4 Å². The Balaban J connectivity index is 0.000000134. The summed E-state index contributed by atoms with van der Waals surface area (Å²) in [6.07, 6.45) is 19.1. The molecule has 398 valence electrons. The van der Waals surface area contributed by atoms with Crippen molar-refractivity contribution in [2.24, 2.45) is 0 Å². The number of pyridine rings is 4. The molecule has 16 heterocycles. The maximum absolute atomic E-state index is 10.3. The van der Waals surface area contributed by atoms with Crippen molar-refractivity contribution in [1.29, 1.82) is 0 Å². The number of fused-ring (bicyclic) bond motifs is 4. The Kier molecular flexibility index (Phi) is 14.3. The molecule has 10 aromatic rings. The van der Waals surface area contributed by atoms with E-state index in [1.165, 1.54) is 24.6 Å². The number of hydrogen-bond donors (Lipinski definition) is 3. The number of aromatic amines is 2. The number of aldehydes is 1. The average molecular weight is 1050 g/mol. The molecule has 6 aliphatic rings. The third-order valence-corrected chi connectivity index (χ3v) is 14.5. The van der Waals surface area contributed by atoms with E-state index >= 15 is 0 Å². The van der Waals surface area contributed by atoms with Gasteiger partial charge in [-0.3, -0.25) is 19.9 Å². The first-order chi connectivity index (χ1) is 38.6. The predicted octanol–water partition coefficient (Wildman–Crippen LogP) is 6.61. The van der Waals surface area contributed by atoms with E-state index in [4.69, 9.17) is 15.0 Å². The minimum Gasteiger partial charge on any atom is -0.353 e. The highest BCUT2D eigenvalue weighted by molar-refractivity contribution is 5.74. The van der Waals surface area contributed by atoms with Gasteiger partial charge in [0.1, 0.15) is 11.6 Å². The van der Waals surface area contributed by atoms with Gasteiger partial charge in [0.25, 0.3) is 0 Å². The second-order valence-corrected chi connectivity index (χ2v) is 20.7. The van der Waals surface area contributed by atoms with Crippen molar-refractivity contribution >= 4 is 17.9 Å². The van der Waals surface area contributed by atoms with E-state index < -0.39 is 0 Å². The molecule has 6 fully saturated rings. The van der Waals surface area contributed by atoms with Gasteiger partial charge in [0.2, 0.25) is 0 Å². The highest BCUT2D eigenvalue weighted by Gasteiger charge is 2.44. The minimum atomic E-state index is 0.532. The molecular weight excluding hydrogens is 993 g/mol. The van der Waals surface area contributed by atoms with Gasteiger partial charge >= 0.3 is 0 Å². The fraction of sp³-hybridized carbons (Fsp3) is 0.293. The SMILES string of the molecule is Cc1cc(Cc2cc(C)[nH]n2)nc(-c2ccc(N3CC4CC(C3)N4)nc2)n1.Cc1cc(Cc2cc(C)[nH]n2)nc(-c2ccc(N3CC4CC(C3)N4Cc3ccc(-n4cccn4)nc3)nc2)n1.O=Cc1ccc(-n2cccn2)nc1. The molecule has 6 aliphatic heterocycles. The third kappa shape index (κ3) is 11.9. The van der Waals surface area contributed by atoms with Crippen LogP contribution in [-0.4, -0.2) is 141 Å². The van der Waals surface area contributed by atoms with Crippen molar-refractivity contribution < 1.29 is 4.79 Å². The highest BCUT2D eigenvalue weighted by Crippen LogP contribution is 2.36. The number of rotatable bonds is 13. The summed E-state index contributed by atoms with van der Waals surface area (Å²) in [4.78, 5) is 54.7. The van der Waals surface area contributed by atoms with Gasteiger partial charge in [-0.25, -0.2) is 49.2 Å². The summed E-state index contributed by atoms with van der Waals surface area (Å²) in [6, 6.07) is 30.2. The molecule has 6 saturated heterocycles. The van der Waals surface area contributed by atoms with Crippen molar-refractivity contribution in [2.75, 3.05) is 36.0 Å². The quantitative estimate of drug-likeness (QED) is 0.103. The van der Waals surface area contributed by atoms with Crippen LogP contribution in [0.4, 0.5) is 11.6 Å². The zero-order valence-electron chi connectivity index (χ0n) is 44.5. The fourth-order valence-electron chi connectivity index (χ4n) is 10.7. The van der Waals surface area contributed by atoms with Crippen LogP contribution in [0.25, 0.3) is 34.4 Å². The van der Waals surface area contributed by atoms with Crippen LogP contribution < -0.4 is 15.1 Å². The van der Waals surface area contributed by atoms with Crippen molar-refractivity contribution in [1.82, 2.24) is 90.0 Å². The van der Waals surface area contributed by atoms with E-state index in [0.717, 1.165) is 119 Å². The zero-order chi connectivity index (χ0) is 53.8. The van der Waals surface area contributed by atoms with Gasteiger partial charge in [-0.2, -0.15) is 20.4 Å². The van der Waals surface area contributed by atoms with Crippen molar-refractivity contribution in [3.05, 3.63) is 191 Å². The van der Waals surface area contributed by atoms with Crippen LogP contribution >= 0.6 is 0 Å². The lowest BCUT2D eigenvalue weighted by Crippen LogP contribution is -2.68. The second kappa shape index (κ2) is 22.4. The molecule has 79 heavy (non-hydrogen) atoms. The molecular formula is C58H60N20O. The van der Waals surface area contributed by atoms with Gasteiger partial charge in [0, 0.05) is 159 Å². The van der Waals surface area contributed by atoms with Gasteiger partial charge in [-0.05, 0) is 125 Å². The Morgan fingerprint density at radius 2 is 1.05 bits per heavy atom. The highest BCUT2D eigenvalue weighted by atomic mass is 16.1. The van der Waals surface area contributed by atoms with E-state index in [-0.39, 0.29) is 0 Å². The predicted molar refractivity (Wildman–Crippen MR) is 298 cm³/mol. The molecule has 3 N–H and O–H groups in total. The standard InChI is InChI=1S/C29H30N10.C20H23N7.C9H7N3O/c1-19-10-23(12-24-11-20(2)35-36-24)34-29(33-19)22-5-7-27(31-15-22)37-17-25-13-26(18-37)38(25)16-21-4-6-28(30-14-21)39-9-3-8-32-39;1-12-5-15(7-16-6-13(2)25-26-16)24-20(22-12)14-3-4-19(21-9-14)27-10-17-8-18(11-27)23-17;13-7-8-2-3-9(10-6-8)12-5-1-4-11-12/h3-11,14-15,25-26H,12-13,16-18H2,1-2H3,(H,35,36);3-6,9,17-18,23H,7-8,10-11H2,1-2H3,(H,25,26);1-7H. The lowest BCUT2D eigenvalue weighted by Gasteiger charge is -2.56. The van der Waals surface area contributed by atoms with Crippen LogP contribution in [0.3, 0.4) is 0 Å². The van der Waals surface area contributed by atoms with Crippen molar-refractivity contribution in [3.63, 3.8) is 0 Å². The first kappa shape index (κ1) is 50.6. The number of carbonyl (C=O) groups is 1. The summed E-state index contributed by atoms with van der Waals surface area (Å²) in [5, 5.41) is 26.4. The van der Waals surface area contributed by atoms with E-state index in [1.807, 2.05) is 94.9 Å². The van der Waals surface area contributed by atoms with Crippen LogP contribution in [-0.2, 0) is 19.4 Å². The zero-order valence-corrected chi connectivity index (χ0v) is 44.5. The number of H-pyrrole nitrogens is 2. The lowest BCUT2D eigenvalue weighted by atomic mass is 9.87. The molecule has 0 radical (unpaired) electrons. The van der Waals surface area contributed by atoms with E-state index in [2.05, 4.69) is 106 Å². The summed E-state index contributed by atoms with van der Waals surface area (Å²) in [5.41, 5.74) is 11.6. The number of piperidine rings is 2. The molecule has 0 amide bonds. The van der Waals surface area contributed by atoms with Crippen LogP contribution in [0.5, 0.6) is 0 Å². The third-order valence-electron chi connectivity index (χ3n) is 14.5. The maximum atomic E-state index is 10.3. The number of nitrogens with one attached hydrogen (secondary N) is 3. The number of carbonyl (C=O) groups excluding carboxylic acids is 1.